The highest BCUT2D eigenvalue weighted by molar-refractivity contribution is 5.86. The third-order valence-electron chi connectivity index (χ3n) is 9.86. The second-order valence-corrected chi connectivity index (χ2v) is 12.4. The number of aryl methyl sites for hydroxylation is 3. The van der Waals surface area contributed by atoms with Crippen LogP contribution >= 0.6 is 0 Å². The van der Waals surface area contributed by atoms with Gasteiger partial charge in [0.2, 0.25) is 0 Å². The monoisotopic (exact) mass is 541 g/mol. The number of aliphatic carboxylic acids is 1. The molecule has 3 aliphatic rings. The highest BCUT2D eigenvalue weighted by Gasteiger charge is 2.40. The van der Waals surface area contributed by atoms with Crippen molar-refractivity contribution in [1.29, 1.82) is 0 Å². The number of anilines is 1. The van der Waals surface area contributed by atoms with E-state index in [2.05, 4.69) is 34.9 Å². The Hall–Kier alpha value is -3.25. The van der Waals surface area contributed by atoms with E-state index in [1.807, 2.05) is 19.9 Å². The van der Waals surface area contributed by atoms with Crippen molar-refractivity contribution < 1.29 is 14.3 Å². The first-order chi connectivity index (χ1) is 19.2. The highest BCUT2D eigenvalue weighted by atomic mass is 19.1. The summed E-state index contributed by atoms with van der Waals surface area (Å²) in [6.45, 7) is 10.2. The number of pyridine rings is 1. The van der Waals surface area contributed by atoms with Gasteiger partial charge in [-0.1, -0.05) is 36.8 Å². The molecule has 210 valence electrons. The highest BCUT2D eigenvalue weighted by Crippen LogP contribution is 2.50. The quantitative estimate of drug-likeness (QED) is 0.373. The molecule has 1 aromatic heterocycles. The fourth-order valence-electron chi connectivity index (χ4n) is 7.30. The molecule has 0 bridgehead atoms. The first-order valence-corrected chi connectivity index (χ1v) is 14.8. The Balaban J connectivity index is 1.33. The summed E-state index contributed by atoms with van der Waals surface area (Å²) in [4.78, 5) is 21.6. The van der Waals surface area contributed by atoms with Gasteiger partial charge in [0, 0.05) is 60.8 Å². The summed E-state index contributed by atoms with van der Waals surface area (Å²) >= 11 is 0. The Bertz CT molecular complexity index is 1430. The van der Waals surface area contributed by atoms with Crippen molar-refractivity contribution in [3.63, 3.8) is 0 Å². The lowest BCUT2D eigenvalue weighted by molar-refractivity contribution is -0.136. The number of benzene rings is 2. The standard InChI is InChI=1S/C34H40FN3O2/c1-22-6-4-7-30(35)29(22)21-37-15-10-25-18-26(8-9-27(25)20-37)32-24(3)36-23(2)28(19-31(39)40)33(32)38-16-13-34(14-17-38)11-5-12-34/h4,6-9,18H,5,10-17,19-21H2,1-3H3,(H,39,40). The summed E-state index contributed by atoms with van der Waals surface area (Å²) in [5, 5.41) is 9.82. The van der Waals surface area contributed by atoms with E-state index in [0.717, 1.165) is 77.5 Å². The first kappa shape index (κ1) is 26.9. The van der Waals surface area contributed by atoms with E-state index in [-0.39, 0.29) is 12.2 Å². The lowest BCUT2D eigenvalue weighted by Crippen LogP contribution is -2.44. The van der Waals surface area contributed by atoms with Gasteiger partial charge in [0.25, 0.3) is 0 Å². The van der Waals surface area contributed by atoms with Gasteiger partial charge >= 0.3 is 5.97 Å². The molecule has 2 aliphatic heterocycles. The number of carbonyl (C=O) groups is 1. The molecule has 0 atom stereocenters. The summed E-state index contributed by atoms with van der Waals surface area (Å²) in [6, 6.07) is 12.0. The third kappa shape index (κ3) is 5.03. The fraction of sp³-hybridized carbons (Fsp3) is 0.471. The molecule has 5 nitrogen and oxygen atoms in total. The Labute approximate surface area is 237 Å². The maximum Gasteiger partial charge on any atom is 0.307 e. The molecule has 1 saturated heterocycles. The molecule has 6 heteroatoms. The fourth-order valence-corrected chi connectivity index (χ4v) is 7.30. The molecule has 0 unspecified atom stereocenters. The van der Waals surface area contributed by atoms with Crippen LogP contribution in [0, 0.1) is 32.0 Å². The van der Waals surface area contributed by atoms with Gasteiger partial charge in [0.05, 0.1) is 12.1 Å². The topological polar surface area (TPSA) is 56.7 Å². The summed E-state index contributed by atoms with van der Waals surface area (Å²) in [5.74, 6) is -0.946. The maximum atomic E-state index is 14.5. The zero-order valence-corrected chi connectivity index (χ0v) is 24.0. The molecule has 0 radical (unpaired) electrons. The molecule has 1 N–H and O–H groups in total. The van der Waals surface area contributed by atoms with Gasteiger partial charge < -0.3 is 10.0 Å². The number of piperidine rings is 1. The average molecular weight is 542 g/mol. The van der Waals surface area contributed by atoms with Crippen LogP contribution in [-0.4, -0.2) is 40.6 Å². The molecule has 40 heavy (non-hydrogen) atoms. The van der Waals surface area contributed by atoms with E-state index < -0.39 is 5.97 Å². The normalized spacial score (nSPS) is 18.4. The number of rotatable bonds is 6. The van der Waals surface area contributed by atoms with E-state index >= 15 is 0 Å². The predicted octanol–water partition coefficient (Wildman–Crippen LogP) is 6.77. The molecule has 3 heterocycles. The van der Waals surface area contributed by atoms with Crippen LogP contribution in [0.3, 0.4) is 0 Å². The van der Waals surface area contributed by atoms with Crippen LogP contribution < -0.4 is 4.90 Å². The van der Waals surface area contributed by atoms with E-state index in [1.54, 1.807) is 12.1 Å². The van der Waals surface area contributed by atoms with Crippen LogP contribution in [0.4, 0.5) is 10.1 Å². The van der Waals surface area contributed by atoms with Crippen molar-refractivity contribution >= 4 is 11.7 Å². The van der Waals surface area contributed by atoms with E-state index in [9.17, 15) is 14.3 Å². The van der Waals surface area contributed by atoms with E-state index in [1.165, 1.54) is 43.2 Å². The molecule has 1 saturated carbocycles. The molecule has 2 fully saturated rings. The smallest absolute Gasteiger partial charge is 0.307 e. The van der Waals surface area contributed by atoms with Crippen LogP contribution in [0.2, 0.25) is 0 Å². The molecule has 0 amide bonds. The minimum absolute atomic E-state index is 0.0154. The van der Waals surface area contributed by atoms with Crippen LogP contribution in [0.5, 0.6) is 0 Å². The summed E-state index contributed by atoms with van der Waals surface area (Å²) in [5.41, 5.74) is 10.8. The second kappa shape index (κ2) is 10.6. The zero-order chi connectivity index (χ0) is 28.0. The van der Waals surface area contributed by atoms with Gasteiger partial charge in [0.1, 0.15) is 5.82 Å². The van der Waals surface area contributed by atoms with Crippen LogP contribution in [0.25, 0.3) is 11.1 Å². The van der Waals surface area contributed by atoms with E-state index in [4.69, 9.17) is 4.98 Å². The molecule has 1 spiro atoms. The number of halogens is 1. The van der Waals surface area contributed by atoms with Crippen LogP contribution in [-0.2, 0) is 30.7 Å². The molecule has 1 aliphatic carbocycles. The number of nitrogens with zero attached hydrogens (tertiary/aromatic N) is 3. The van der Waals surface area contributed by atoms with E-state index in [0.29, 0.717) is 12.0 Å². The average Bonchev–Trinajstić information content (AvgIpc) is 2.91. The maximum absolute atomic E-state index is 14.5. The molecular weight excluding hydrogens is 501 g/mol. The van der Waals surface area contributed by atoms with Crippen molar-refractivity contribution in [3.05, 3.63) is 81.4 Å². The summed E-state index contributed by atoms with van der Waals surface area (Å²) < 4.78 is 14.5. The van der Waals surface area contributed by atoms with Gasteiger partial charge in [-0.05, 0) is 86.6 Å². The van der Waals surface area contributed by atoms with Crippen molar-refractivity contribution in [2.45, 2.75) is 78.8 Å². The SMILES string of the molecule is Cc1cccc(F)c1CN1CCc2cc(-c3c(C)nc(C)c(CC(=O)O)c3N3CCC4(CCC4)CC3)ccc2C1. The van der Waals surface area contributed by atoms with Gasteiger partial charge in [0.15, 0.2) is 0 Å². The summed E-state index contributed by atoms with van der Waals surface area (Å²) in [6.07, 6.45) is 7.26. The molecular formula is C34H40FN3O2. The number of hydrogen-bond acceptors (Lipinski definition) is 4. The van der Waals surface area contributed by atoms with Crippen molar-refractivity contribution in [2.24, 2.45) is 5.41 Å². The number of fused-ring (bicyclic) bond motifs is 1. The lowest BCUT2D eigenvalue weighted by atomic mass is 9.63. The number of aromatic nitrogens is 1. The van der Waals surface area contributed by atoms with Crippen LogP contribution in [0.15, 0.2) is 36.4 Å². The first-order valence-electron chi connectivity index (χ1n) is 14.8. The Morgan fingerprint density at radius 2 is 1.75 bits per heavy atom. The van der Waals surface area contributed by atoms with Crippen LogP contribution in [0.1, 0.15) is 71.3 Å². The van der Waals surface area contributed by atoms with Gasteiger partial charge in [-0.15, -0.1) is 0 Å². The van der Waals surface area contributed by atoms with Gasteiger partial charge in [-0.2, -0.15) is 0 Å². The predicted molar refractivity (Wildman–Crippen MR) is 157 cm³/mol. The number of hydrogen-bond donors (Lipinski definition) is 1. The summed E-state index contributed by atoms with van der Waals surface area (Å²) in [7, 11) is 0. The zero-order valence-electron chi connectivity index (χ0n) is 24.0. The van der Waals surface area contributed by atoms with Gasteiger partial charge in [-0.25, -0.2) is 4.39 Å². The second-order valence-electron chi connectivity index (χ2n) is 12.4. The molecule has 2 aromatic carbocycles. The van der Waals surface area contributed by atoms with Crippen molar-refractivity contribution in [2.75, 3.05) is 24.5 Å². The lowest BCUT2D eigenvalue weighted by Gasteiger charge is -2.49. The Morgan fingerprint density at radius 3 is 2.42 bits per heavy atom. The minimum atomic E-state index is -0.816. The minimum Gasteiger partial charge on any atom is -0.481 e. The molecule has 6 rings (SSSR count). The number of carboxylic acids is 1. The van der Waals surface area contributed by atoms with Crippen molar-refractivity contribution in [1.82, 2.24) is 9.88 Å². The van der Waals surface area contributed by atoms with Crippen molar-refractivity contribution in [3.8, 4) is 11.1 Å². The largest absolute Gasteiger partial charge is 0.481 e. The number of carboxylic acid groups (broad SMARTS) is 1. The van der Waals surface area contributed by atoms with Gasteiger partial charge in [-0.3, -0.25) is 14.7 Å². The Kier molecular flexibility index (Phi) is 7.16. The third-order valence-corrected chi connectivity index (χ3v) is 9.86. The molecule has 3 aromatic rings. The Morgan fingerprint density at radius 1 is 0.975 bits per heavy atom.